The van der Waals surface area contributed by atoms with Crippen molar-refractivity contribution in [2.45, 2.75) is 24.8 Å². The topological polar surface area (TPSA) is 34.3 Å². The molecular weight excluding hydrogens is 96.0 g/mol. The van der Waals surface area contributed by atoms with Crippen LogP contribution in [0.15, 0.2) is 0 Å². The molecule has 3 fully saturated rings. The molecule has 4 unspecified atom stereocenters. The molecule has 0 aromatic carbocycles. The van der Waals surface area contributed by atoms with Gasteiger partial charge in [-0.1, -0.05) is 0 Å². The number of epoxide rings is 2. The van der Waals surface area contributed by atoms with Crippen LogP contribution in [0.4, 0.5) is 0 Å². The molecule has 38 valence electrons. The maximum Gasteiger partial charge on any atom is 0.190 e. The van der Waals surface area contributed by atoms with Crippen LogP contribution in [0, 0.1) is 0 Å². The summed E-state index contributed by atoms with van der Waals surface area (Å²) >= 11 is 0. The number of ether oxygens (including phenoxy) is 3. The Bertz CT molecular complexity index is 110. The van der Waals surface area contributed by atoms with Crippen molar-refractivity contribution in [3.8, 4) is 0 Å². The van der Waals surface area contributed by atoms with Crippen LogP contribution in [0.3, 0.4) is 0 Å². The van der Waals surface area contributed by atoms with Gasteiger partial charge in [-0.15, -0.1) is 0 Å². The van der Waals surface area contributed by atoms with Crippen molar-refractivity contribution in [1.29, 1.82) is 0 Å². The summed E-state index contributed by atoms with van der Waals surface area (Å²) in [5.74, 6) is 0. The van der Waals surface area contributed by atoms with Crippen LogP contribution in [-0.4, -0.2) is 24.8 Å². The van der Waals surface area contributed by atoms with Crippen LogP contribution in [0.25, 0.3) is 0 Å². The Kier molecular flexibility index (Phi) is 0.273. The molecule has 0 bridgehead atoms. The largest absolute Gasteiger partial charge is 0.338 e. The molecule has 0 aromatic rings. The van der Waals surface area contributed by atoms with E-state index >= 15 is 0 Å². The lowest BCUT2D eigenvalue weighted by Crippen LogP contribution is -1.92. The quantitative estimate of drug-likeness (QED) is 0.383. The molecule has 3 rings (SSSR count). The molecule has 3 aliphatic heterocycles. The van der Waals surface area contributed by atoms with E-state index in [9.17, 15) is 0 Å². The van der Waals surface area contributed by atoms with Crippen molar-refractivity contribution < 1.29 is 14.2 Å². The first-order valence-electron chi connectivity index (χ1n) is 2.41. The Labute approximate surface area is 40.2 Å². The fraction of sp³-hybridized carbons (Fsp3) is 1.00. The highest BCUT2D eigenvalue weighted by Crippen LogP contribution is 2.48. The molecule has 4 atom stereocenters. The molecule has 0 spiro atoms. The number of fused-ring (bicyclic) bond motifs is 3. The van der Waals surface area contributed by atoms with Crippen molar-refractivity contribution in [1.82, 2.24) is 0 Å². The van der Waals surface area contributed by atoms with Crippen LogP contribution >= 0.6 is 0 Å². The fourth-order valence-electron chi connectivity index (χ4n) is 1.03. The first kappa shape index (κ1) is 3.02. The minimum absolute atomic E-state index is 0.115. The molecule has 3 saturated heterocycles. The summed E-state index contributed by atoms with van der Waals surface area (Å²) in [6.07, 6.45) is 0.850. The summed E-state index contributed by atoms with van der Waals surface area (Å²) in [5.41, 5.74) is 0. The molecule has 0 saturated carbocycles. The summed E-state index contributed by atoms with van der Waals surface area (Å²) in [4.78, 5) is 0. The van der Waals surface area contributed by atoms with E-state index in [1.165, 1.54) is 0 Å². The van der Waals surface area contributed by atoms with Gasteiger partial charge in [0.15, 0.2) is 12.6 Å². The lowest BCUT2D eigenvalue weighted by molar-refractivity contribution is -0.00943. The predicted molar refractivity (Wildman–Crippen MR) is 18.4 cm³/mol. The van der Waals surface area contributed by atoms with Crippen LogP contribution in [0.5, 0.6) is 0 Å². The van der Waals surface area contributed by atoms with Crippen molar-refractivity contribution in [2.75, 3.05) is 0 Å². The van der Waals surface area contributed by atoms with E-state index in [0.29, 0.717) is 12.2 Å². The maximum atomic E-state index is 5.06. The second-order valence-electron chi connectivity index (χ2n) is 2.07. The molecule has 0 radical (unpaired) electrons. The number of hydrogen-bond acceptors (Lipinski definition) is 3. The molecule has 3 heterocycles. The van der Waals surface area contributed by atoms with Crippen molar-refractivity contribution >= 4 is 0 Å². The fourth-order valence-corrected chi connectivity index (χ4v) is 1.03. The van der Waals surface area contributed by atoms with Gasteiger partial charge in [-0.3, -0.25) is 0 Å². The highest BCUT2D eigenvalue weighted by molar-refractivity contribution is 5.02. The van der Waals surface area contributed by atoms with Gasteiger partial charge in [0, 0.05) is 0 Å². The minimum Gasteiger partial charge on any atom is -0.338 e. The van der Waals surface area contributed by atoms with Gasteiger partial charge in [0.2, 0.25) is 0 Å². The average Bonchev–Trinajstić information content (AvgIpc) is 2.47. The highest BCUT2D eigenvalue weighted by Gasteiger charge is 2.68. The van der Waals surface area contributed by atoms with Crippen LogP contribution in [-0.2, 0) is 14.2 Å². The lowest BCUT2D eigenvalue weighted by Gasteiger charge is -1.84. The highest BCUT2D eigenvalue weighted by atomic mass is 16.9. The zero-order chi connectivity index (χ0) is 4.43. The third-order valence-corrected chi connectivity index (χ3v) is 1.56. The van der Waals surface area contributed by atoms with Gasteiger partial charge in [-0.05, 0) is 0 Å². The number of hydrogen-bond donors (Lipinski definition) is 0. The molecular formula is C4H4O3. The third kappa shape index (κ3) is 0.224. The first-order valence-corrected chi connectivity index (χ1v) is 2.41. The Hall–Kier alpha value is -0.120. The van der Waals surface area contributed by atoms with E-state index < -0.39 is 0 Å². The zero-order valence-corrected chi connectivity index (χ0v) is 3.53. The Morgan fingerprint density at radius 2 is 1.29 bits per heavy atom. The summed E-state index contributed by atoms with van der Waals surface area (Å²) in [7, 11) is 0. The second kappa shape index (κ2) is 0.632. The molecule has 3 aliphatic rings. The molecule has 0 N–H and O–H groups in total. The van der Waals surface area contributed by atoms with Gasteiger partial charge < -0.3 is 14.2 Å². The van der Waals surface area contributed by atoms with E-state index in [1.807, 2.05) is 0 Å². The lowest BCUT2D eigenvalue weighted by atomic mass is 10.4. The third-order valence-electron chi connectivity index (χ3n) is 1.56. The van der Waals surface area contributed by atoms with E-state index in [1.54, 1.807) is 0 Å². The Morgan fingerprint density at radius 1 is 0.714 bits per heavy atom. The van der Waals surface area contributed by atoms with Gasteiger partial charge in [-0.25, -0.2) is 0 Å². The predicted octanol–water partition coefficient (Wildman–Crippen LogP) is -0.534. The summed E-state index contributed by atoms with van der Waals surface area (Å²) in [6.45, 7) is 0. The number of rotatable bonds is 0. The van der Waals surface area contributed by atoms with E-state index in [4.69, 9.17) is 14.2 Å². The van der Waals surface area contributed by atoms with E-state index in [0.717, 1.165) is 0 Å². The Balaban J connectivity index is 2.02. The van der Waals surface area contributed by atoms with Gasteiger partial charge in [0.05, 0.1) is 0 Å². The van der Waals surface area contributed by atoms with E-state index in [2.05, 4.69) is 0 Å². The van der Waals surface area contributed by atoms with Gasteiger partial charge in [0.25, 0.3) is 0 Å². The molecule has 7 heavy (non-hydrogen) atoms. The summed E-state index contributed by atoms with van der Waals surface area (Å²) in [5, 5.41) is 0. The normalized spacial score (nSPS) is 72.0. The Morgan fingerprint density at radius 3 is 1.57 bits per heavy atom. The summed E-state index contributed by atoms with van der Waals surface area (Å²) in [6, 6.07) is 0. The molecule has 0 amide bonds. The average molecular weight is 100 g/mol. The molecule has 0 aromatic heterocycles. The smallest absolute Gasteiger partial charge is 0.190 e. The van der Waals surface area contributed by atoms with Crippen LogP contribution in [0.2, 0.25) is 0 Å². The van der Waals surface area contributed by atoms with Crippen molar-refractivity contribution in [3.63, 3.8) is 0 Å². The standard InChI is InChI=1S/C4H4O3/c5-1-2-4(6-2)7-3(1)5/h1-4H. The summed E-state index contributed by atoms with van der Waals surface area (Å²) < 4.78 is 15.0. The molecule has 3 heteroatoms. The minimum atomic E-state index is 0.115. The van der Waals surface area contributed by atoms with E-state index in [-0.39, 0.29) is 12.6 Å². The zero-order valence-electron chi connectivity index (χ0n) is 3.53. The SMILES string of the molecule is O1C2OC2C2OC12. The van der Waals surface area contributed by atoms with Crippen LogP contribution in [0.1, 0.15) is 0 Å². The van der Waals surface area contributed by atoms with Gasteiger partial charge >= 0.3 is 0 Å². The van der Waals surface area contributed by atoms with Crippen LogP contribution < -0.4 is 0 Å². The van der Waals surface area contributed by atoms with Crippen molar-refractivity contribution in [2.24, 2.45) is 0 Å². The van der Waals surface area contributed by atoms with Gasteiger partial charge in [-0.2, -0.15) is 0 Å². The monoisotopic (exact) mass is 100 g/mol. The second-order valence-corrected chi connectivity index (χ2v) is 2.07. The molecule has 3 nitrogen and oxygen atoms in total. The molecule has 0 aliphatic carbocycles. The first-order chi connectivity index (χ1) is 3.45. The van der Waals surface area contributed by atoms with Crippen molar-refractivity contribution in [3.05, 3.63) is 0 Å². The van der Waals surface area contributed by atoms with Gasteiger partial charge in [0.1, 0.15) is 12.2 Å². The maximum absolute atomic E-state index is 5.06.